The largest absolute Gasteiger partial charge is 0.289 e. The molecule has 0 aliphatic carbocycles. The lowest BCUT2D eigenvalue weighted by Crippen LogP contribution is -1.96. The molecule has 1 nitrogen and oxygen atoms in total. The zero-order valence-electron chi connectivity index (χ0n) is 9.44. The number of rotatable bonds is 3. The second-order valence-electron chi connectivity index (χ2n) is 3.70. The first kappa shape index (κ1) is 13.1. The molecule has 0 fully saturated rings. The summed E-state index contributed by atoms with van der Waals surface area (Å²) in [6, 6.07) is 16.7. The van der Waals surface area contributed by atoms with Crippen LogP contribution in [0.3, 0.4) is 0 Å². The highest BCUT2D eigenvalue weighted by molar-refractivity contribution is 9.10. The lowest BCUT2D eigenvalue weighted by Gasteiger charge is -2.01. The van der Waals surface area contributed by atoms with Gasteiger partial charge in [-0.25, -0.2) is 0 Å². The predicted molar refractivity (Wildman–Crippen MR) is 78.7 cm³/mol. The van der Waals surface area contributed by atoms with Crippen molar-refractivity contribution >= 4 is 38.3 Å². The van der Waals surface area contributed by atoms with Gasteiger partial charge < -0.3 is 0 Å². The molecule has 0 N–H and O–H groups in total. The second-order valence-corrected chi connectivity index (χ2v) is 4.96. The van der Waals surface area contributed by atoms with Gasteiger partial charge in [0.15, 0.2) is 5.78 Å². The zero-order valence-corrected chi connectivity index (χ0v) is 11.8. The van der Waals surface area contributed by atoms with Crippen molar-refractivity contribution in [3.05, 3.63) is 76.3 Å². The van der Waals surface area contributed by atoms with E-state index < -0.39 is 0 Å². The van der Waals surface area contributed by atoms with Crippen molar-refractivity contribution in [3.8, 4) is 0 Å². The number of carbonyl (C=O) groups is 1. The van der Waals surface area contributed by atoms with Crippen LogP contribution in [0.15, 0.2) is 65.1 Å². The standard InChI is InChI=1S/C15H10BrClO/c16-13-9-5-4-8-12(13)15(18)10-14(17)11-6-2-1-3-7-11/h1-10H/b14-10-. The Morgan fingerprint density at radius 2 is 1.61 bits per heavy atom. The summed E-state index contributed by atoms with van der Waals surface area (Å²) in [5.74, 6) is -0.115. The Bertz CT molecular complexity index is 590. The van der Waals surface area contributed by atoms with Crippen LogP contribution in [0.2, 0.25) is 0 Å². The summed E-state index contributed by atoms with van der Waals surface area (Å²) >= 11 is 9.48. The maximum atomic E-state index is 12.1. The van der Waals surface area contributed by atoms with Gasteiger partial charge in [-0.3, -0.25) is 4.79 Å². The molecule has 2 aromatic rings. The van der Waals surface area contributed by atoms with E-state index in [-0.39, 0.29) is 5.78 Å². The van der Waals surface area contributed by atoms with Crippen molar-refractivity contribution in [2.45, 2.75) is 0 Å². The van der Waals surface area contributed by atoms with Crippen LogP contribution >= 0.6 is 27.5 Å². The van der Waals surface area contributed by atoms with E-state index in [1.807, 2.05) is 48.5 Å². The SMILES string of the molecule is O=C(/C=C(\Cl)c1ccccc1)c1ccccc1Br. The van der Waals surface area contributed by atoms with Crippen molar-refractivity contribution in [1.82, 2.24) is 0 Å². The van der Waals surface area contributed by atoms with Gasteiger partial charge in [-0.1, -0.05) is 70.0 Å². The number of carbonyl (C=O) groups excluding carboxylic acids is 1. The van der Waals surface area contributed by atoms with Crippen LogP contribution in [-0.4, -0.2) is 5.78 Å². The summed E-state index contributed by atoms with van der Waals surface area (Å²) in [4.78, 5) is 12.1. The molecule has 0 aliphatic rings. The summed E-state index contributed by atoms with van der Waals surface area (Å²) in [5.41, 5.74) is 1.44. The molecule has 0 aromatic heterocycles. The first-order valence-electron chi connectivity index (χ1n) is 5.40. The molecule has 2 aromatic carbocycles. The third kappa shape index (κ3) is 3.09. The summed E-state index contributed by atoms with van der Waals surface area (Å²) in [7, 11) is 0. The van der Waals surface area contributed by atoms with Gasteiger partial charge in [-0.05, 0) is 17.7 Å². The third-order valence-electron chi connectivity index (χ3n) is 2.45. The molecular weight excluding hydrogens is 312 g/mol. The number of benzene rings is 2. The van der Waals surface area contributed by atoms with E-state index in [1.54, 1.807) is 6.07 Å². The van der Waals surface area contributed by atoms with Crippen LogP contribution in [0.1, 0.15) is 15.9 Å². The van der Waals surface area contributed by atoms with Crippen LogP contribution in [0, 0.1) is 0 Å². The fraction of sp³-hybridized carbons (Fsp3) is 0. The summed E-state index contributed by atoms with van der Waals surface area (Å²) in [6.07, 6.45) is 1.44. The highest BCUT2D eigenvalue weighted by Gasteiger charge is 2.08. The molecule has 0 saturated carbocycles. The van der Waals surface area contributed by atoms with E-state index in [0.717, 1.165) is 10.0 Å². The van der Waals surface area contributed by atoms with Gasteiger partial charge in [0.25, 0.3) is 0 Å². The first-order valence-corrected chi connectivity index (χ1v) is 6.57. The van der Waals surface area contributed by atoms with E-state index in [9.17, 15) is 4.79 Å². The normalized spacial score (nSPS) is 11.3. The Morgan fingerprint density at radius 1 is 1.00 bits per heavy atom. The van der Waals surface area contributed by atoms with Crippen molar-refractivity contribution in [2.75, 3.05) is 0 Å². The van der Waals surface area contributed by atoms with E-state index >= 15 is 0 Å². The smallest absolute Gasteiger partial charge is 0.188 e. The number of allylic oxidation sites excluding steroid dienone is 1. The van der Waals surface area contributed by atoms with Gasteiger partial charge in [0, 0.05) is 16.1 Å². The molecule has 0 spiro atoms. The van der Waals surface area contributed by atoms with Gasteiger partial charge in [0.2, 0.25) is 0 Å². The van der Waals surface area contributed by atoms with Crippen LogP contribution in [-0.2, 0) is 0 Å². The molecule has 0 amide bonds. The molecule has 0 aliphatic heterocycles. The van der Waals surface area contributed by atoms with Crippen LogP contribution in [0.4, 0.5) is 0 Å². The van der Waals surface area contributed by atoms with Gasteiger partial charge >= 0.3 is 0 Å². The topological polar surface area (TPSA) is 17.1 Å². The Labute approximate surface area is 119 Å². The lowest BCUT2D eigenvalue weighted by atomic mass is 10.1. The molecule has 0 heterocycles. The van der Waals surface area contributed by atoms with Crippen molar-refractivity contribution < 1.29 is 4.79 Å². The Morgan fingerprint density at radius 3 is 2.28 bits per heavy atom. The maximum Gasteiger partial charge on any atom is 0.188 e. The molecule has 0 saturated heterocycles. The zero-order chi connectivity index (χ0) is 13.0. The predicted octanol–water partition coefficient (Wildman–Crippen LogP) is 4.91. The van der Waals surface area contributed by atoms with Crippen LogP contribution in [0.25, 0.3) is 5.03 Å². The van der Waals surface area contributed by atoms with Crippen LogP contribution < -0.4 is 0 Å². The molecule has 90 valence electrons. The van der Waals surface area contributed by atoms with Crippen molar-refractivity contribution in [2.24, 2.45) is 0 Å². The first-order chi connectivity index (χ1) is 8.68. The molecule has 0 atom stereocenters. The molecule has 18 heavy (non-hydrogen) atoms. The van der Waals surface area contributed by atoms with Gasteiger partial charge in [0.1, 0.15) is 0 Å². The molecule has 0 radical (unpaired) electrons. The van der Waals surface area contributed by atoms with Gasteiger partial charge in [-0.2, -0.15) is 0 Å². The highest BCUT2D eigenvalue weighted by Crippen LogP contribution is 2.22. The maximum absolute atomic E-state index is 12.1. The fourth-order valence-electron chi connectivity index (χ4n) is 1.53. The summed E-state index contributed by atoms with van der Waals surface area (Å²) in [5, 5.41) is 0.441. The second kappa shape index (κ2) is 5.98. The van der Waals surface area contributed by atoms with Gasteiger partial charge in [-0.15, -0.1) is 0 Å². The fourth-order valence-corrected chi connectivity index (χ4v) is 2.24. The monoisotopic (exact) mass is 320 g/mol. The number of hydrogen-bond acceptors (Lipinski definition) is 1. The average Bonchev–Trinajstić information content (AvgIpc) is 2.40. The van der Waals surface area contributed by atoms with E-state index in [1.165, 1.54) is 6.08 Å². The number of ketones is 1. The van der Waals surface area contributed by atoms with Crippen LogP contribution in [0.5, 0.6) is 0 Å². The molecule has 2 rings (SSSR count). The minimum atomic E-state index is -0.115. The van der Waals surface area contributed by atoms with E-state index in [2.05, 4.69) is 15.9 Å². The van der Waals surface area contributed by atoms with Crippen molar-refractivity contribution in [3.63, 3.8) is 0 Å². The Kier molecular flexibility index (Phi) is 4.34. The Hall–Kier alpha value is -1.38. The number of halogens is 2. The lowest BCUT2D eigenvalue weighted by molar-refractivity contribution is 0.104. The highest BCUT2D eigenvalue weighted by atomic mass is 79.9. The van der Waals surface area contributed by atoms with Gasteiger partial charge in [0.05, 0.1) is 5.03 Å². The summed E-state index contributed by atoms with van der Waals surface area (Å²) in [6.45, 7) is 0. The quantitative estimate of drug-likeness (QED) is 0.580. The summed E-state index contributed by atoms with van der Waals surface area (Å²) < 4.78 is 0.767. The van der Waals surface area contributed by atoms with E-state index in [4.69, 9.17) is 11.6 Å². The molecule has 3 heteroatoms. The van der Waals surface area contributed by atoms with Crippen molar-refractivity contribution in [1.29, 1.82) is 0 Å². The minimum absolute atomic E-state index is 0.115. The minimum Gasteiger partial charge on any atom is -0.289 e. The molecule has 0 unspecified atom stereocenters. The number of hydrogen-bond donors (Lipinski definition) is 0. The average molecular weight is 322 g/mol. The van der Waals surface area contributed by atoms with E-state index in [0.29, 0.717) is 10.6 Å². The Balaban J connectivity index is 2.29. The molecular formula is C15H10BrClO. The third-order valence-corrected chi connectivity index (χ3v) is 3.47. The molecule has 0 bridgehead atoms.